The summed E-state index contributed by atoms with van der Waals surface area (Å²) in [5.41, 5.74) is 2.12. The highest BCUT2D eigenvalue weighted by atomic mass is 16.5. The molecule has 0 heterocycles. The summed E-state index contributed by atoms with van der Waals surface area (Å²) in [6.07, 6.45) is 0. The van der Waals surface area contributed by atoms with E-state index in [0.29, 0.717) is 13.2 Å². The second-order valence-corrected chi connectivity index (χ2v) is 4.06. The van der Waals surface area contributed by atoms with Gasteiger partial charge in [0.25, 0.3) is 0 Å². The Labute approximate surface area is 114 Å². The number of para-hydroxylation sites is 1. The lowest BCUT2D eigenvalue weighted by molar-refractivity contribution is 0.110. The van der Waals surface area contributed by atoms with Crippen molar-refractivity contribution in [3.63, 3.8) is 0 Å². The lowest BCUT2D eigenvalue weighted by Gasteiger charge is -2.09. The van der Waals surface area contributed by atoms with Crippen LogP contribution >= 0.6 is 0 Å². The van der Waals surface area contributed by atoms with E-state index < -0.39 is 0 Å². The average molecular weight is 257 g/mol. The van der Waals surface area contributed by atoms with Crippen molar-refractivity contribution in [1.29, 1.82) is 0 Å². The topological polar surface area (TPSA) is 30.5 Å². The maximum absolute atomic E-state index is 5.56. The fraction of sp³-hybridized carbons (Fsp3) is 0.250. The molecular weight excluding hydrogens is 238 g/mol. The highest BCUT2D eigenvalue weighted by Gasteiger charge is 1.96. The molecule has 0 amide bonds. The van der Waals surface area contributed by atoms with Gasteiger partial charge in [-0.25, -0.2) is 0 Å². The van der Waals surface area contributed by atoms with Crippen molar-refractivity contribution in [2.24, 2.45) is 0 Å². The Morgan fingerprint density at radius 3 is 2.21 bits per heavy atom. The monoisotopic (exact) mass is 257 g/mol. The number of ether oxygens (including phenoxy) is 2. The number of anilines is 2. The van der Waals surface area contributed by atoms with Crippen LogP contribution in [0.5, 0.6) is 5.75 Å². The summed E-state index contributed by atoms with van der Waals surface area (Å²) in [5.74, 6) is 0.860. The molecule has 0 aliphatic carbocycles. The molecule has 0 fully saturated rings. The van der Waals surface area contributed by atoms with Crippen molar-refractivity contribution < 1.29 is 9.47 Å². The van der Waals surface area contributed by atoms with Crippen molar-refractivity contribution in [2.75, 3.05) is 25.1 Å². The maximum Gasteiger partial charge on any atom is 0.119 e. The van der Waals surface area contributed by atoms with E-state index in [-0.39, 0.29) is 0 Å². The summed E-state index contributed by atoms with van der Waals surface area (Å²) in [4.78, 5) is 0. The van der Waals surface area contributed by atoms with E-state index in [9.17, 15) is 0 Å². The second-order valence-electron chi connectivity index (χ2n) is 4.06. The summed E-state index contributed by atoms with van der Waals surface area (Å²) < 4.78 is 10.8. The van der Waals surface area contributed by atoms with Crippen molar-refractivity contribution in [1.82, 2.24) is 0 Å². The van der Waals surface area contributed by atoms with Crippen LogP contribution in [0.4, 0.5) is 11.4 Å². The minimum Gasteiger partial charge on any atom is -0.491 e. The van der Waals surface area contributed by atoms with E-state index in [1.807, 2.05) is 61.5 Å². The van der Waals surface area contributed by atoms with Crippen molar-refractivity contribution in [2.45, 2.75) is 6.92 Å². The highest BCUT2D eigenvalue weighted by molar-refractivity contribution is 5.59. The van der Waals surface area contributed by atoms with Gasteiger partial charge < -0.3 is 14.8 Å². The molecule has 0 unspecified atom stereocenters. The van der Waals surface area contributed by atoms with Crippen LogP contribution in [-0.2, 0) is 4.74 Å². The SMILES string of the molecule is CCOCCOc1ccc(Nc2ccccc2)cc1. The Kier molecular flexibility index (Phi) is 5.26. The molecule has 2 aromatic carbocycles. The Morgan fingerprint density at radius 2 is 1.53 bits per heavy atom. The van der Waals surface area contributed by atoms with Crippen LogP contribution in [0.15, 0.2) is 54.6 Å². The normalized spacial score (nSPS) is 10.2. The minimum absolute atomic E-state index is 0.583. The van der Waals surface area contributed by atoms with E-state index in [2.05, 4.69) is 5.32 Å². The van der Waals surface area contributed by atoms with Gasteiger partial charge >= 0.3 is 0 Å². The predicted octanol–water partition coefficient (Wildman–Crippen LogP) is 3.85. The zero-order chi connectivity index (χ0) is 13.3. The van der Waals surface area contributed by atoms with Crippen LogP contribution in [0.25, 0.3) is 0 Å². The van der Waals surface area contributed by atoms with Gasteiger partial charge in [0.15, 0.2) is 0 Å². The smallest absolute Gasteiger partial charge is 0.119 e. The lowest BCUT2D eigenvalue weighted by atomic mass is 10.2. The number of hydrogen-bond donors (Lipinski definition) is 1. The molecule has 3 heteroatoms. The van der Waals surface area contributed by atoms with Gasteiger partial charge in [-0.1, -0.05) is 18.2 Å². The summed E-state index contributed by atoms with van der Waals surface area (Å²) in [5, 5.41) is 3.33. The fourth-order valence-corrected chi connectivity index (χ4v) is 1.69. The van der Waals surface area contributed by atoms with Crippen LogP contribution < -0.4 is 10.1 Å². The molecule has 2 rings (SSSR count). The molecule has 1 N–H and O–H groups in total. The summed E-state index contributed by atoms with van der Waals surface area (Å²) in [6, 6.07) is 18.0. The van der Waals surface area contributed by atoms with E-state index in [1.54, 1.807) is 0 Å². The molecule has 2 aromatic rings. The van der Waals surface area contributed by atoms with Crippen LogP contribution in [0.1, 0.15) is 6.92 Å². The molecule has 0 bridgehead atoms. The number of hydrogen-bond acceptors (Lipinski definition) is 3. The van der Waals surface area contributed by atoms with Gasteiger partial charge in [0, 0.05) is 18.0 Å². The first-order chi connectivity index (χ1) is 9.38. The Morgan fingerprint density at radius 1 is 0.842 bits per heavy atom. The Balaban J connectivity index is 1.84. The summed E-state index contributed by atoms with van der Waals surface area (Å²) >= 11 is 0. The molecule has 0 aliphatic heterocycles. The molecule has 0 aliphatic rings. The molecule has 0 atom stereocenters. The van der Waals surface area contributed by atoms with Crippen LogP contribution in [0, 0.1) is 0 Å². The van der Waals surface area contributed by atoms with Crippen molar-refractivity contribution >= 4 is 11.4 Å². The summed E-state index contributed by atoms with van der Waals surface area (Å²) in [7, 11) is 0. The second kappa shape index (κ2) is 7.44. The third kappa shape index (κ3) is 4.64. The predicted molar refractivity (Wildman–Crippen MR) is 78.2 cm³/mol. The minimum atomic E-state index is 0.583. The van der Waals surface area contributed by atoms with Gasteiger partial charge in [-0.15, -0.1) is 0 Å². The first kappa shape index (κ1) is 13.4. The largest absolute Gasteiger partial charge is 0.491 e. The highest BCUT2D eigenvalue weighted by Crippen LogP contribution is 2.19. The van der Waals surface area contributed by atoms with Gasteiger partial charge in [0.2, 0.25) is 0 Å². The molecule has 19 heavy (non-hydrogen) atoms. The van der Waals surface area contributed by atoms with Crippen LogP contribution in [-0.4, -0.2) is 19.8 Å². The van der Waals surface area contributed by atoms with Gasteiger partial charge in [0.1, 0.15) is 12.4 Å². The first-order valence-corrected chi connectivity index (χ1v) is 6.51. The number of benzene rings is 2. The van der Waals surface area contributed by atoms with E-state index in [0.717, 1.165) is 23.7 Å². The molecule has 0 spiro atoms. The van der Waals surface area contributed by atoms with Crippen LogP contribution in [0.3, 0.4) is 0 Å². The number of nitrogens with one attached hydrogen (secondary N) is 1. The zero-order valence-corrected chi connectivity index (χ0v) is 11.1. The molecule has 0 aromatic heterocycles. The maximum atomic E-state index is 5.56. The fourth-order valence-electron chi connectivity index (χ4n) is 1.69. The lowest BCUT2D eigenvalue weighted by Crippen LogP contribution is -2.06. The van der Waals surface area contributed by atoms with Gasteiger partial charge in [0.05, 0.1) is 6.61 Å². The zero-order valence-electron chi connectivity index (χ0n) is 11.1. The van der Waals surface area contributed by atoms with Crippen molar-refractivity contribution in [3.8, 4) is 5.75 Å². The van der Waals surface area contributed by atoms with Gasteiger partial charge in [-0.05, 0) is 43.3 Å². The molecule has 0 saturated heterocycles. The van der Waals surface area contributed by atoms with Gasteiger partial charge in [-0.2, -0.15) is 0 Å². The Bertz CT molecular complexity index is 468. The third-order valence-corrected chi connectivity index (χ3v) is 2.62. The molecule has 0 radical (unpaired) electrons. The quantitative estimate of drug-likeness (QED) is 0.764. The van der Waals surface area contributed by atoms with Crippen LogP contribution in [0.2, 0.25) is 0 Å². The van der Waals surface area contributed by atoms with Crippen molar-refractivity contribution in [3.05, 3.63) is 54.6 Å². The molecule has 100 valence electrons. The average Bonchev–Trinajstić information content (AvgIpc) is 2.46. The molecule has 3 nitrogen and oxygen atoms in total. The standard InChI is InChI=1S/C16H19NO2/c1-2-18-12-13-19-16-10-8-15(9-11-16)17-14-6-4-3-5-7-14/h3-11,17H,2,12-13H2,1H3. The van der Waals surface area contributed by atoms with E-state index >= 15 is 0 Å². The Hall–Kier alpha value is -2.00. The first-order valence-electron chi connectivity index (χ1n) is 6.51. The van der Waals surface area contributed by atoms with Gasteiger partial charge in [-0.3, -0.25) is 0 Å². The molecular formula is C16H19NO2. The van der Waals surface area contributed by atoms with E-state index in [4.69, 9.17) is 9.47 Å². The number of rotatable bonds is 7. The molecule has 0 saturated carbocycles. The third-order valence-electron chi connectivity index (χ3n) is 2.62. The van der Waals surface area contributed by atoms with E-state index in [1.165, 1.54) is 0 Å². The summed E-state index contributed by atoms with van der Waals surface area (Å²) in [6.45, 7) is 3.91.